The van der Waals surface area contributed by atoms with Crippen LogP contribution in [0.4, 0.5) is 0 Å². The minimum atomic E-state index is -0.687. The van der Waals surface area contributed by atoms with Crippen molar-refractivity contribution in [2.24, 2.45) is 0 Å². The molecule has 1 aromatic rings. The Balaban J connectivity index is 2.01. The van der Waals surface area contributed by atoms with Crippen molar-refractivity contribution in [3.8, 4) is 0 Å². The Morgan fingerprint density at radius 3 is 2.76 bits per heavy atom. The third-order valence-electron chi connectivity index (χ3n) is 3.59. The Labute approximate surface area is 104 Å². The van der Waals surface area contributed by atoms with Gasteiger partial charge in [0.05, 0.1) is 5.60 Å². The first kappa shape index (κ1) is 12.3. The Morgan fingerprint density at radius 1 is 1.41 bits per heavy atom. The lowest BCUT2D eigenvalue weighted by molar-refractivity contribution is -0.00358. The van der Waals surface area contributed by atoms with E-state index in [1.807, 2.05) is 13.0 Å². The highest BCUT2D eigenvalue weighted by Gasteiger charge is 2.33. The maximum absolute atomic E-state index is 10.5. The van der Waals surface area contributed by atoms with Gasteiger partial charge in [-0.25, -0.2) is 0 Å². The van der Waals surface area contributed by atoms with E-state index in [4.69, 9.17) is 0 Å². The summed E-state index contributed by atoms with van der Waals surface area (Å²) >= 11 is 0. The van der Waals surface area contributed by atoms with Gasteiger partial charge in [-0.3, -0.25) is 4.90 Å². The molecule has 1 atom stereocenters. The Bertz CT molecular complexity index is 387. The molecular formula is C15H21NO. The normalized spacial score (nSPS) is 25.8. The SMILES string of the molecule is C=C(C)C1(O)CCCN(Cc2ccccc2)C1. The molecule has 1 unspecified atom stereocenters. The molecule has 1 aliphatic rings. The van der Waals surface area contributed by atoms with Crippen molar-refractivity contribution >= 4 is 0 Å². The van der Waals surface area contributed by atoms with Gasteiger partial charge < -0.3 is 5.11 Å². The average Bonchev–Trinajstić information content (AvgIpc) is 2.30. The molecule has 0 spiro atoms. The van der Waals surface area contributed by atoms with Gasteiger partial charge in [-0.1, -0.05) is 36.9 Å². The van der Waals surface area contributed by atoms with Crippen LogP contribution < -0.4 is 0 Å². The molecule has 1 N–H and O–H groups in total. The first-order valence-corrected chi connectivity index (χ1v) is 6.25. The van der Waals surface area contributed by atoms with Crippen LogP contribution in [0.15, 0.2) is 42.5 Å². The van der Waals surface area contributed by atoms with Gasteiger partial charge in [-0.15, -0.1) is 0 Å². The van der Waals surface area contributed by atoms with Crippen LogP contribution in [0.25, 0.3) is 0 Å². The van der Waals surface area contributed by atoms with Gasteiger partial charge in [0.25, 0.3) is 0 Å². The summed E-state index contributed by atoms with van der Waals surface area (Å²) in [4.78, 5) is 2.31. The van der Waals surface area contributed by atoms with Crippen LogP contribution in [-0.4, -0.2) is 28.7 Å². The van der Waals surface area contributed by atoms with E-state index in [-0.39, 0.29) is 0 Å². The highest BCUT2D eigenvalue weighted by atomic mass is 16.3. The summed E-state index contributed by atoms with van der Waals surface area (Å²) in [6.45, 7) is 8.52. The zero-order valence-corrected chi connectivity index (χ0v) is 10.5. The smallest absolute Gasteiger partial charge is 0.0978 e. The highest BCUT2D eigenvalue weighted by molar-refractivity contribution is 5.16. The summed E-state index contributed by atoms with van der Waals surface area (Å²) in [6, 6.07) is 10.4. The van der Waals surface area contributed by atoms with Crippen LogP contribution in [0.5, 0.6) is 0 Å². The van der Waals surface area contributed by atoms with Crippen molar-refractivity contribution in [3.05, 3.63) is 48.0 Å². The Kier molecular flexibility index (Phi) is 3.65. The fraction of sp³-hybridized carbons (Fsp3) is 0.467. The van der Waals surface area contributed by atoms with E-state index in [0.717, 1.165) is 31.5 Å². The van der Waals surface area contributed by atoms with Crippen LogP contribution in [0.2, 0.25) is 0 Å². The molecule has 0 radical (unpaired) electrons. The lowest BCUT2D eigenvalue weighted by atomic mass is 9.87. The molecule has 1 aliphatic heterocycles. The summed E-state index contributed by atoms with van der Waals surface area (Å²) < 4.78 is 0. The molecule has 1 aromatic carbocycles. The van der Waals surface area contributed by atoms with Gasteiger partial charge in [0.1, 0.15) is 0 Å². The van der Waals surface area contributed by atoms with Crippen LogP contribution in [-0.2, 0) is 6.54 Å². The van der Waals surface area contributed by atoms with E-state index in [1.54, 1.807) is 0 Å². The van der Waals surface area contributed by atoms with Gasteiger partial charge >= 0.3 is 0 Å². The molecule has 0 saturated carbocycles. The molecule has 17 heavy (non-hydrogen) atoms. The van der Waals surface area contributed by atoms with E-state index in [9.17, 15) is 5.11 Å². The van der Waals surface area contributed by atoms with Crippen molar-refractivity contribution < 1.29 is 5.11 Å². The average molecular weight is 231 g/mol. The number of nitrogens with zero attached hydrogens (tertiary/aromatic N) is 1. The summed E-state index contributed by atoms with van der Waals surface area (Å²) in [5.74, 6) is 0. The van der Waals surface area contributed by atoms with Crippen LogP contribution in [0.3, 0.4) is 0 Å². The molecule has 92 valence electrons. The van der Waals surface area contributed by atoms with Crippen LogP contribution in [0.1, 0.15) is 25.3 Å². The second kappa shape index (κ2) is 5.03. The van der Waals surface area contributed by atoms with Crippen molar-refractivity contribution in [2.45, 2.75) is 31.9 Å². The second-order valence-electron chi connectivity index (χ2n) is 5.11. The van der Waals surface area contributed by atoms with E-state index in [2.05, 4.69) is 35.7 Å². The lowest BCUT2D eigenvalue weighted by Crippen LogP contribution is -2.48. The quantitative estimate of drug-likeness (QED) is 0.808. The fourth-order valence-corrected chi connectivity index (χ4v) is 2.45. The molecule has 2 nitrogen and oxygen atoms in total. The molecule has 2 rings (SSSR count). The Morgan fingerprint density at radius 2 is 2.12 bits per heavy atom. The zero-order valence-electron chi connectivity index (χ0n) is 10.5. The van der Waals surface area contributed by atoms with E-state index in [0.29, 0.717) is 6.54 Å². The monoisotopic (exact) mass is 231 g/mol. The predicted molar refractivity (Wildman–Crippen MR) is 70.7 cm³/mol. The van der Waals surface area contributed by atoms with E-state index < -0.39 is 5.60 Å². The van der Waals surface area contributed by atoms with Crippen molar-refractivity contribution in [3.63, 3.8) is 0 Å². The maximum Gasteiger partial charge on any atom is 0.0978 e. The third-order valence-corrected chi connectivity index (χ3v) is 3.59. The second-order valence-corrected chi connectivity index (χ2v) is 5.11. The van der Waals surface area contributed by atoms with Crippen LogP contribution in [0, 0.1) is 0 Å². The molecule has 2 heteroatoms. The zero-order chi connectivity index (χ0) is 12.3. The topological polar surface area (TPSA) is 23.5 Å². The van der Waals surface area contributed by atoms with Gasteiger partial charge in [0, 0.05) is 13.1 Å². The summed E-state index contributed by atoms with van der Waals surface area (Å²) in [5, 5.41) is 10.5. The fourth-order valence-electron chi connectivity index (χ4n) is 2.45. The number of likely N-dealkylation sites (tertiary alicyclic amines) is 1. The minimum Gasteiger partial charge on any atom is -0.384 e. The number of hydrogen-bond acceptors (Lipinski definition) is 2. The van der Waals surface area contributed by atoms with Crippen molar-refractivity contribution in [1.29, 1.82) is 0 Å². The van der Waals surface area contributed by atoms with Crippen LogP contribution >= 0.6 is 0 Å². The van der Waals surface area contributed by atoms with Crippen molar-refractivity contribution in [1.82, 2.24) is 4.90 Å². The number of hydrogen-bond donors (Lipinski definition) is 1. The Hall–Kier alpha value is -1.12. The highest BCUT2D eigenvalue weighted by Crippen LogP contribution is 2.27. The largest absolute Gasteiger partial charge is 0.384 e. The number of piperidine rings is 1. The number of benzene rings is 1. The van der Waals surface area contributed by atoms with Crippen molar-refractivity contribution in [2.75, 3.05) is 13.1 Å². The predicted octanol–water partition coefficient (Wildman–Crippen LogP) is 2.59. The minimum absolute atomic E-state index is 0.687. The third kappa shape index (κ3) is 2.96. The van der Waals surface area contributed by atoms with E-state index >= 15 is 0 Å². The molecule has 0 amide bonds. The number of β-amino-alcohol motifs (C(OH)–C–C–N with tert-alkyl or cyclic N) is 1. The molecule has 0 bridgehead atoms. The molecule has 0 aliphatic carbocycles. The molecule has 1 saturated heterocycles. The van der Waals surface area contributed by atoms with Gasteiger partial charge in [-0.2, -0.15) is 0 Å². The van der Waals surface area contributed by atoms with Gasteiger partial charge in [0.2, 0.25) is 0 Å². The number of aliphatic hydroxyl groups is 1. The number of rotatable bonds is 3. The maximum atomic E-state index is 10.5. The molecule has 0 aromatic heterocycles. The molecular weight excluding hydrogens is 210 g/mol. The van der Waals surface area contributed by atoms with Gasteiger partial charge in [0.15, 0.2) is 0 Å². The summed E-state index contributed by atoms with van der Waals surface area (Å²) in [6.07, 6.45) is 1.88. The first-order chi connectivity index (χ1) is 8.10. The molecule has 1 fully saturated rings. The molecule has 1 heterocycles. The lowest BCUT2D eigenvalue weighted by Gasteiger charge is -2.39. The summed E-state index contributed by atoms with van der Waals surface area (Å²) in [7, 11) is 0. The first-order valence-electron chi connectivity index (χ1n) is 6.25. The standard InChI is InChI=1S/C15H21NO/c1-13(2)15(17)9-6-10-16(12-15)11-14-7-4-3-5-8-14/h3-5,7-8,17H,1,6,9-12H2,2H3. The summed E-state index contributed by atoms with van der Waals surface area (Å²) in [5.41, 5.74) is 1.50. The van der Waals surface area contributed by atoms with Gasteiger partial charge in [-0.05, 0) is 37.4 Å². The van der Waals surface area contributed by atoms with E-state index in [1.165, 1.54) is 5.56 Å².